The Labute approximate surface area is 504 Å². The fourth-order valence-corrected chi connectivity index (χ4v) is 10.7. The largest absolute Gasteiger partial charge is 1.00 e. The summed E-state index contributed by atoms with van der Waals surface area (Å²) in [7, 11) is 1.18. The molecule has 15 heteroatoms. The summed E-state index contributed by atoms with van der Waals surface area (Å²) in [4.78, 5) is 67.9. The Morgan fingerprint density at radius 2 is 1.02 bits per heavy atom. The topological polar surface area (TPSA) is 154 Å². The fraction of sp³-hybridized carbons (Fsp3) is 0.303. The van der Waals surface area contributed by atoms with Gasteiger partial charge in [-0.1, -0.05) is 62.0 Å². The number of likely N-dealkylation sites (tertiary alicyclic amines) is 2. The standard InChI is InChI=1S/C23H26N2O2.C16H13NO2.C12H9N.C7H14ClN.C6H5NO2.CH3F.CH4.Na.H/c1-15-5-4-10-24(15)11-12-25-22-8-6-18(16(2)26)13-20(22)21-14-19(17(3)27)7-9-23(21)25;1-9(18)11-3-5-15-13(7-11)14-8-12(10(2)19)4-6-16(14)17-15;1-3-7-11-9(5-1)10-6-2-4-8-12(10)13-11;1-9-6-2-3-7(9)4-5-8;8-7(9)6-4-2-1-3-5-6;1-2;;;/h6-9,13-15H,4-5,10-12H2,1-3H3;3-8,17H,1-2H3;1-8,13H;7H,2-6H2,1H3;1-5H;1H3;1H4;;/q;;;;;;;+1;-1/i;;;;;1D;;;. The second kappa shape index (κ2) is 30.8. The number of H-pyrrole nitrogens is 2. The van der Waals surface area contributed by atoms with Gasteiger partial charge in [0.15, 0.2) is 23.1 Å². The number of aromatic nitrogens is 3. The Morgan fingerprint density at radius 3 is 1.41 bits per heavy atom. The van der Waals surface area contributed by atoms with Gasteiger partial charge in [-0.3, -0.25) is 38.6 Å². The number of nitrogens with one attached hydrogen (secondary N) is 2. The minimum absolute atomic E-state index is 0. The zero-order valence-electron chi connectivity index (χ0n) is 48.9. The van der Waals surface area contributed by atoms with Gasteiger partial charge < -0.3 is 20.9 Å². The zero-order valence-corrected chi connectivity index (χ0v) is 49.6. The van der Waals surface area contributed by atoms with E-state index in [9.17, 15) is 33.7 Å². The van der Waals surface area contributed by atoms with E-state index >= 15 is 0 Å². The molecule has 2 N–H and O–H groups in total. The van der Waals surface area contributed by atoms with Crippen LogP contribution in [0.15, 0.2) is 152 Å². The summed E-state index contributed by atoms with van der Waals surface area (Å²) in [6.45, 7) is 13.0. The van der Waals surface area contributed by atoms with E-state index < -0.39 is 12.1 Å². The first-order valence-electron chi connectivity index (χ1n) is 27.4. The van der Waals surface area contributed by atoms with Crippen LogP contribution in [0.1, 0.15) is 118 Å². The Hall–Kier alpha value is -6.84. The third kappa shape index (κ3) is 16.2. The number of Topliss-reactive ketones (excluding diaryl/α,β-unsaturated/α-hetero) is 4. The number of carbonyl (C=O) groups is 4. The molecule has 10 aromatic rings. The van der Waals surface area contributed by atoms with Crippen LogP contribution in [0.2, 0.25) is 0 Å². The third-order valence-electron chi connectivity index (χ3n) is 14.9. The monoisotopic (exact) mass is 1130 g/mol. The van der Waals surface area contributed by atoms with Gasteiger partial charge in [-0.15, -0.1) is 11.6 Å². The summed E-state index contributed by atoms with van der Waals surface area (Å²) in [5.74, 6) is 1.02. The molecule has 12 rings (SSSR count). The number of hydrogen-bond acceptors (Lipinski definition) is 8. The molecule has 7 aromatic carbocycles. The molecule has 3 aromatic heterocycles. The number of nitro benzene ring substituents is 1. The number of fused-ring (bicyclic) bond motifs is 9. The molecule has 0 bridgehead atoms. The summed E-state index contributed by atoms with van der Waals surface area (Å²) in [5, 5.41) is 16.7. The summed E-state index contributed by atoms with van der Waals surface area (Å²) < 4.78 is 17.8. The summed E-state index contributed by atoms with van der Waals surface area (Å²) in [5.41, 5.74) is 9.55. The number of ketones is 4. The number of alkyl halides is 2. The van der Waals surface area contributed by atoms with Crippen LogP contribution in [-0.4, -0.2) is 104 Å². The SMILES string of the molecule is C.CC(=O)c1ccc2[nH]c3ccc(C(C)=O)cc3c2c1.CC(=O)c1ccc2c(c1)c1cc(C(C)=O)ccc1n2CCN1CCCC1C.CN1CCCC1CCCl.O=[N+]([O-])c1ccccc1.[2H]CF.[H-].[Na+].c1ccc2c(c1)[nH]c1ccccc12. The van der Waals surface area contributed by atoms with Crippen molar-refractivity contribution in [1.29, 1.82) is 0 Å². The number of nitro groups is 1. The minimum atomic E-state index is -1.00. The van der Waals surface area contributed by atoms with E-state index in [1.807, 2.05) is 72.8 Å². The summed E-state index contributed by atoms with van der Waals surface area (Å²) in [6.07, 6.45) is 6.43. The molecule has 0 amide bonds. The first-order chi connectivity index (χ1) is 38.5. The van der Waals surface area contributed by atoms with Gasteiger partial charge in [0.05, 0.1) is 13.4 Å². The molecular weight excluding hydrogens is 1050 g/mol. The fourth-order valence-electron chi connectivity index (χ4n) is 10.5. The van der Waals surface area contributed by atoms with Crippen LogP contribution >= 0.6 is 11.6 Å². The molecular formula is C66H75ClFN6NaO6. The molecule has 0 radical (unpaired) electrons. The number of rotatable bonds is 10. The maximum atomic E-state index is 11.9. The van der Waals surface area contributed by atoms with Crippen molar-refractivity contribution in [2.45, 2.75) is 92.8 Å². The van der Waals surface area contributed by atoms with E-state index in [1.54, 1.807) is 45.9 Å². The number of benzene rings is 7. The van der Waals surface area contributed by atoms with Crippen LogP contribution < -0.4 is 29.6 Å². The van der Waals surface area contributed by atoms with Crippen LogP contribution in [0.3, 0.4) is 0 Å². The molecule has 0 aliphatic carbocycles. The number of aromatic amines is 2. The average molecular weight is 1130 g/mol. The second-order valence-electron chi connectivity index (χ2n) is 20.1. The van der Waals surface area contributed by atoms with Crippen molar-refractivity contribution in [1.82, 2.24) is 24.3 Å². The molecule has 0 spiro atoms. The normalized spacial score (nSPS) is 14.8. The van der Waals surface area contributed by atoms with Crippen LogP contribution in [0.25, 0.3) is 65.4 Å². The van der Waals surface area contributed by atoms with E-state index in [0.717, 1.165) is 75.0 Å². The third-order valence-corrected chi connectivity index (χ3v) is 15.1. The molecule has 2 saturated heterocycles. The van der Waals surface area contributed by atoms with E-state index in [1.165, 1.54) is 72.7 Å². The van der Waals surface area contributed by atoms with Crippen molar-refractivity contribution in [2.75, 3.05) is 39.7 Å². The Bertz CT molecular complexity index is 3600. The number of carbonyl (C=O) groups excluding carboxylic acids is 4. The molecule has 5 heterocycles. The molecule has 2 atom stereocenters. The number of halogens is 2. The van der Waals surface area contributed by atoms with Crippen molar-refractivity contribution in [3.63, 3.8) is 0 Å². The maximum Gasteiger partial charge on any atom is 1.00 e. The number of non-ortho nitro benzene ring substituents is 1. The first kappa shape index (κ1) is 63.3. The van der Waals surface area contributed by atoms with Crippen molar-refractivity contribution in [3.05, 3.63) is 184 Å². The average Bonchev–Trinajstić information content (AvgIpc) is 3.45. The first-order valence-corrected chi connectivity index (χ1v) is 27.2. The van der Waals surface area contributed by atoms with Crippen molar-refractivity contribution < 1.29 is 60.8 Å². The van der Waals surface area contributed by atoms with Gasteiger partial charge in [0.1, 0.15) is 0 Å². The van der Waals surface area contributed by atoms with Crippen LogP contribution in [0, 0.1) is 10.1 Å². The number of para-hydroxylation sites is 3. The smallest absolute Gasteiger partial charge is 1.00 e. The molecule has 81 heavy (non-hydrogen) atoms. The molecule has 2 aliphatic rings. The van der Waals surface area contributed by atoms with Gasteiger partial charge in [-0.05, 0) is 172 Å². The quantitative estimate of drug-likeness (QED) is 0.0451. The summed E-state index contributed by atoms with van der Waals surface area (Å²) >= 11 is 5.62. The number of hydrogen-bond donors (Lipinski definition) is 2. The summed E-state index contributed by atoms with van der Waals surface area (Å²) in [6, 6.07) is 49.1. The van der Waals surface area contributed by atoms with Gasteiger partial charge >= 0.3 is 29.6 Å². The number of nitrogens with zero attached hydrogens (tertiary/aromatic N) is 4. The van der Waals surface area contributed by atoms with Crippen molar-refractivity contribution in [3.8, 4) is 0 Å². The van der Waals surface area contributed by atoms with E-state index in [4.69, 9.17) is 13.0 Å². The van der Waals surface area contributed by atoms with Gasteiger partial charge in [-0.2, -0.15) is 0 Å². The van der Waals surface area contributed by atoms with Gasteiger partial charge in [0.2, 0.25) is 0 Å². The molecule has 2 fully saturated rings. The van der Waals surface area contributed by atoms with Crippen molar-refractivity contribution in [2.24, 2.45) is 0 Å². The van der Waals surface area contributed by atoms with Gasteiger partial charge in [0, 0.05) is 131 Å². The molecule has 2 unspecified atom stereocenters. The molecule has 2 aliphatic heterocycles. The Balaban J connectivity index is 0.000000232. The van der Waals surface area contributed by atoms with Gasteiger partial charge in [0.25, 0.3) is 5.69 Å². The van der Waals surface area contributed by atoms with Crippen LogP contribution in [0.4, 0.5) is 10.1 Å². The van der Waals surface area contributed by atoms with Crippen LogP contribution in [-0.2, 0) is 6.54 Å². The molecule has 0 saturated carbocycles. The van der Waals surface area contributed by atoms with E-state index in [-0.39, 0.29) is 67.2 Å². The second-order valence-corrected chi connectivity index (χ2v) is 20.5. The Morgan fingerprint density at radius 1 is 0.617 bits per heavy atom. The minimum Gasteiger partial charge on any atom is -1.00 e. The molecule has 420 valence electrons. The van der Waals surface area contributed by atoms with Crippen molar-refractivity contribution >= 4 is 106 Å². The van der Waals surface area contributed by atoms with E-state index in [2.05, 4.69) is 86.8 Å². The molecule has 12 nitrogen and oxygen atoms in total. The van der Waals surface area contributed by atoms with E-state index in [0.29, 0.717) is 28.3 Å². The van der Waals surface area contributed by atoms with Crippen LogP contribution in [0.5, 0.6) is 0 Å². The predicted molar refractivity (Wildman–Crippen MR) is 330 cm³/mol. The van der Waals surface area contributed by atoms with Gasteiger partial charge in [-0.25, -0.2) is 0 Å². The Kier molecular flexibility index (Phi) is 24.1. The predicted octanol–water partition coefficient (Wildman–Crippen LogP) is 13.4. The maximum absolute atomic E-state index is 11.9. The zero-order chi connectivity index (χ0) is 57.5.